The Kier molecular flexibility index (Phi) is 12.8. The summed E-state index contributed by atoms with van der Waals surface area (Å²) in [6, 6.07) is 25.1. The van der Waals surface area contributed by atoms with Crippen molar-refractivity contribution in [1.29, 1.82) is 0 Å². The summed E-state index contributed by atoms with van der Waals surface area (Å²) in [6.45, 7) is 6.02. The van der Waals surface area contributed by atoms with Crippen LogP contribution in [0, 0.1) is 6.92 Å². The second-order valence-corrected chi connectivity index (χ2v) is 11.9. The van der Waals surface area contributed by atoms with E-state index in [4.69, 9.17) is 16.3 Å². The fourth-order valence-corrected chi connectivity index (χ4v) is 5.91. The van der Waals surface area contributed by atoms with Crippen LogP contribution in [0.4, 0.5) is 18.9 Å². The molecule has 0 radical (unpaired) electrons. The van der Waals surface area contributed by atoms with Gasteiger partial charge in [-0.1, -0.05) is 67.4 Å². The average molecular weight is 695 g/mol. The van der Waals surface area contributed by atoms with E-state index in [1.54, 1.807) is 43.3 Å². The first kappa shape index (κ1) is 37.0. The van der Waals surface area contributed by atoms with Gasteiger partial charge in [0.25, 0.3) is 5.91 Å². The monoisotopic (exact) mass is 694 g/mol. The van der Waals surface area contributed by atoms with Gasteiger partial charge in [-0.15, -0.1) is 13.2 Å². The molecule has 0 spiro atoms. The maximum atomic E-state index is 14.1. The summed E-state index contributed by atoms with van der Waals surface area (Å²) in [7, 11) is 0. The number of amides is 2. The van der Waals surface area contributed by atoms with E-state index in [2.05, 4.69) is 15.4 Å². The summed E-state index contributed by atoms with van der Waals surface area (Å²) in [5.41, 5.74) is 5.14. The van der Waals surface area contributed by atoms with Crippen LogP contribution in [0.15, 0.2) is 91.0 Å². The zero-order chi connectivity index (χ0) is 35.6. The summed E-state index contributed by atoms with van der Waals surface area (Å²) >= 11 is 6.12. The molecule has 4 aromatic carbocycles. The minimum absolute atomic E-state index is 0.0450. The smallest absolute Gasteiger partial charge is 0.466 e. The largest absolute Gasteiger partial charge is 0.573 e. The van der Waals surface area contributed by atoms with Gasteiger partial charge in [0.15, 0.2) is 0 Å². The van der Waals surface area contributed by atoms with E-state index in [0.29, 0.717) is 34.7 Å². The molecule has 4 aromatic rings. The molecule has 0 heterocycles. The lowest BCUT2D eigenvalue weighted by Crippen LogP contribution is -2.27. The minimum Gasteiger partial charge on any atom is -0.466 e. The molecule has 0 bridgehead atoms. The molecule has 0 aliphatic carbocycles. The molecule has 0 saturated carbocycles. The number of benzene rings is 4. The molecule has 0 aromatic heterocycles. The van der Waals surface area contributed by atoms with E-state index in [1.165, 1.54) is 24.3 Å². The van der Waals surface area contributed by atoms with Crippen molar-refractivity contribution >= 4 is 35.1 Å². The number of aryl methyl sites for hydroxylation is 1. The number of esters is 1. The van der Waals surface area contributed by atoms with Crippen LogP contribution < -0.4 is 15.4 Å². The molecule has 2 N–H and O–H groups in total. The van der Waals surface area contributed by atoms with Crippen LogP contribution >= 0.6 is 11.6 Å². The Morgan fingerprint density at radius 1 is 0.857 bits per heavy atom. The van der Waals surface area contributed by atoms with E-state index >= 15 is 0 Å². The quantitative estimate of drug-likeness (QED) is 0.128. The van der Waals surface area contributed by atoms with Crippen LogP contribution in [-0.4, -0.2) is 37.3 Å². The van der Waals surface area contributed by atoms with E-state index in [9.17, 15) is 27.6 Å². The first-order valence-corrected chi connectivity index (χ1v) is 16.3. The maximum absolute atomic E-state index is 14.1. The fourth-order valence-electron chi connectivity index (χ4n) is 5.68. The van der Waals surface area contributed by atoms with Gasteiger partial charge in [0.1, 0.15) is 5.75 Å². The van der Waals surface area contributed by atoms with Crippen LogP contribution in [0.3, 0.4) is 0 Å². The molecule has 0 aliphatic rings. The summed E-state index contributed by atoms with van der Waals surface area (Å²) in [5.74, 6) is -2.71. The average Bonchev–Trinajstić information content (AvgIpc) is 3.05. The number of rotatable bonds is 14. The zero-order valence-electron chi connectivity index (χ0n) is 27.4. The lowest BCUT2D eigenvalue weighted by atomic mass is 9.78. The topological polar surface area (TPSA) is 93.7 Å². The lowest BCUT2D eigenvalue weighted by Gasteiger charge is -2.28. The van der Waals surface area contributed by atoms with Crippen LogP contribution in [0.5, 0.6) is 5.75 Å². The standard InChI is InChI=1S/C38H38ClF3N2O5/c1-4-6-33(26-7-9-28(10-8-26)36(46)43-22-21-34(45)48-5-2)35(27-13-18-31(19-14-27)49-38(40,41)42)37(47)44-30-16-11-25(12-17-30)32-20-15-29(39)23-24(32)3/h7-20,23,33,35H,4-6,21-22H2,1-3H3,(H,43,46)(H,44,47)/t33-,35-/m1/s1. The molecule has 258 valence electrons. The molecule has 49 heavy (non-hydrogen) atoms. The van der Waals surface area contributed by atoms with E-state index in [0.717, 1.165) is 22.3 Å². The number of carbonyl (C=O) groups is 3. The van der Waals surface area contributed by atoms with Gasteiger partial charge in [0.05, 0.1) is 18.9 Å². The van der Waals surface area contributed by atoms with E-state index in [-0.39, 0.29) is 31.4 Å². The summed E-state index contributed by atoms with van der Waals surface area (Å²) < 4.78 is 47.6. The molecular formula is C38H38ClF3N2O5. The van der Waals surface area contributed by atoms with Gasteiger partial charge in [-0.05, 0) is 103 Å². The van der Waals surface area contributed by atoms with Gasteiger partial charge >= 0.3 is 12.3 Å². The van der Waals surface area contributed by atoms with Gasteiger partial charge in [-0.25, -0.2) is 0 Å². The van der Waals surface area contributed by atoms with Crippen molar-refractivity contribution < 1.29 is 37.0 Å². The van der Waals surface area contributed by atoms with Crippen LogP contribution in [0.2, 0.25) is 5.02 Å². The highest BCUT2D eigenvalue weighted by Gasteiger charge is 2.33. The molecule has 0 fully saturated rings. The molecule has 11 heteroatoms. The Morgan fingerprint density at radius 2 is 1.51 bits per heavy atom. The van der Waals surface area contributed by atoms with E-state index in [1.807, 2.05) is 44.2 Å². The molecule has 2 atom stereocenters. The van der Waals surface area contributed by atoms with Gasteiger partial charge in [0.2, 0.25) is 5.91 Å². The first-order chi connectivity index (χ1) is 23.4. The van der Waals surface area contributed by atoms with Gasteiger partial charge in [0, 0.05) is 22.8 Å². The number of alkyl halides is 3. The Bertz CT molecular complexity index is 1730. The molecule has 2 amide bonds. The zero-order valence-corrected chi connectivity index (χ0v) is 28.2. The predicted molar refractivity (Wildman–Crippen MR) is 184 cm³/mol. The number of carbonyl (C=O) groups excluding carboxylic acids is 3. The Labute approximate surface area is 288 Å². The van der Waals surface area contributed by atoms with Gasteiger partial charge in [-0.3, -0.25) is 14.4 Å². The number of hydrogen-bond donors (Lipinski definition) is 2. The molecule has 7 nitrogen and oxygen atoms in total. The second kappa shape index (κ2) is 17.0. The van der Waals surface area contributed by atoms with Crippen molar-refractivity contribution in [2.45, 2.75) is 58.2 Å². The Balaban J connectivity index is 1.61. The highest BCUT2D eigenvalue weighted by atomic mass is 35.5. The number of halogens is 4. The van der Waals surface area contributed by atoms with Crippen molar-refractivity contribution in [3.05, 3.63) is 118 Å². The van der Waals surface area contributed by atoms with E-state index < -0.39 is 29.9 Å². The van der Waals surface area contributed by atoms with Crippen molar-refractivity contribution in [3.63, 3.8) is 0 Å². The van der Waals surface area contributed by atoms with Crippen molar-refractivity contribution in [2.24, 2.45) is 0 Å². The van der Waals surface area contributed by atoms with Gasteiger partial charge < -0.3 is 20.1 Å². The SMILES string of the molecule is CCC[C@H](c1ccc(C(=O)NCCC(=O)OCC)cc1)[C@H](C(=O)Nc1ccc(-c2ccc(Cl)cc2C)cc1)c1ccc(OC(F)(F)F)cc1. The number of hydrogen-bond acceptors (Lipinski definition) is 5. The van der Waals surface area contributed by atoms with Crippen LogP contribution in [-0.2, 0) is 14.3 Å². The maximum Gasteiger partial charge on any atom is 0.573 e. The molecule has 0 aliphatic heterocycles. The highest BCUT2D eigenvalue weighted by Crippen LogP contribution is 2.39. The first-order valence-electron chi connectivity index (χ1n) is 16.0. The highest BCUT2D eigenvalue weighted by molar-refractivity contribution is 6.30. The third-order valence-electron chi connectivity index (χ3n) is 7.93. The molecule has 0 saturated heterocycles. The lowest BCUT2D eigenvalue weighted by molar-refractivity contribution is -0.274. The van der Waals surface area contributed by atoms with Crippen LogP contribution in [0.1, 0.15) is 72.0 Å². The van der Waals surface area contributed by atoms with Gasteiger partial charge in [-0.2, -0.15) is 0 Å². The predicted octanol–water partition coefficient (Wildman–Crippen LogP) is 9.20. The number of nitrogens with one attached hydrogen (secondary N) is 2. The Hall–Kier alpha value is -4.83. The third kappa shape index (κ3) is 10.6. The molecular weight excluding hydrogens is 657 g/mol. The Morgan fingerprint density at radius 3 is 2.10 bits per heavy atom. The van der Waals surface area contributed by atoms with Crippen molar-refractivity contribution in [3.8, 4) is 16.9 Å². The third-order valence-corrected chi connectivity index (χ3v) is 8.17. The summed E-state index contributed by atoms with van der Waals surface area (Å²) in [5, 5.41) is 6.34. The number of ether oxygens (including phenoxy) is 2. The fraction of sp³-hybridized carbons (Fsp3) is 0.289. The summed E-state index contributed by atoms with van der Waals surface area (Å²) in [4.78, 5) is 38.4. The van der Waals surface area contributed by atoms with Crippen molar-refractivity contribution in [2.75, 3.05) is 18.5 Å². The minimum atomic E-state index is -4.85. The number of anilines is 1. The second-order valence-electron chi connectivity index (χ2n) is 11.4. The molecule has 0 unspecified atom stereocenters. The van der Waals surface area contributed by atoms with Crippen molar-refractivity contribution in [1.82, 2.24) is 5.32 Å². The summed E-state index contributed by atoms with van der Waals surface area (Å²) in [6.07, 6.45) is -3.54. The molecule has 4 rings (SSSR count). The normalized spacial score (nSPS) is 12.5. The van der Waals surface area contributed by atoms with Crippen LogP contribution in [0.25, 0.3) is 11.1 Å².